The summed E-state index contributed by atoms with van der Waals surface area (Å²) in [5, 5.41) is 22.7. The van der Waals surface area contributed by atoms with Gasteiger partial charge in [0.2, 0.25) is 5.78 Å². The van der Waals surface area contributed by atoms with Gasteiger partial charge in [-0.1, -0.05) is 12.1 Å². The van der Waals surface area contributed by atoms with Crippen LogP contribution in [0.15, 0.2) is 69.9 Å². The number of aromatic hydroxyl groups is 1. The summed E-state index contributed by atoms with van der Waals surface area (Å²) in [7, 11) is 0. The molecule has 3 aromatic rings. The van der Waals surface area contributed by atoms with E-state index < -0.39 is 23.5 Å². The van der Waals surface area contributed by atoms with Gasteiger partial charge < -0.3 is 14.6 Å². The predicted molar refractivity (Wildman–Crippen MR) is 100 cm³/mol. The van der Waals surface area contributed by atoms with Gasteiger partial charge in [0.25, 0.3) is 5.91 Å². The number of phenolic OH excluding ortho intramolecular Hbond substituents is 1. The van der Waals surface area contributed by atoms with Gasteiger partial charge in [0, 0.05) is 4.88 Å². The van der Waals surface area contributed by atoms with Crippen LogP contribution in [0, 0.1) is 6.92 Å². The summed E-state index contributed by atoms with van der Waals surface area (Å²) in [6.45, 7) is 1.86. The molecule has 1 unspecified atom stereocenters. The average Bonchev–Trinajstić information content (AvgIpc) is 3.37. The standard InChI is InChI=1S/C20H15NO5S/c1-11-8-10-27-19(11)16-15(17(23)14-7-4-9-26-14)18(24)20(25)21(16)12-5-2-3-6-13(12)22/h2-10,16,22,24H,1H3. The molecule has 27 heavy (non-hydrogen) atoms. The highest BCUT2D eigenvalue weighted by molar-refractivity contribution is 7.10. The van der Waals surface area contributed by atoms with Crippen LogP contribution in [0.3, 0.4) is 0 Å². The van der Waals surface area contributed by atoms with Crippen LogP contribution < -0.4 is 4.90 Å². The summed E-state index contributed by atoms with van der Waals surface area (Å²) in [6.07, 6.45) is 1.35. The van der Waals surface area contributed by atoms with Crippen molar-refractivity contribution in [3.05, 3.63) is 81.6 Å². The summed E-state index contributed by atoms with van der Waals surface area (Å²) in [6, 6.07) is 10.4. The highest BCUT2D eigenvalue weighted by Crippen LogP contribution is 2.46. The van der Waals surface area contributed by atoms with E-state index in [1.54, 1.807) is 24.3 Å². The molecule has 2 N–H and O–H groups in total. The predicted octanol–water partition coefficient (Wildman–Crippen LogP) is 4.14. The summed E-state index contributed by atoms with van der Waals surface area (Å²) in [5.74, 6) is -2.05. The van der Waals surface area contributed by atoms with E-state index in [1.165, 1.54) is 34.6 Å². The van der Waals surface area contributed by atoms with Crippen molar-refractivity contribution in [3.63, 3.8) is 0 Å². The fraction of sp³-hybridized carbons (Fsp3) is 0.100. The number of ketones is 1. The van der Waals surface area contributed by atoms with Gasteiger partial charge in [-0.3, -0.25) is 14.5 Å². The van der Waals surface area contributed by atoms with Crippen molar-refractivity contribution in [1.29, 1.82) is 0 Å². The van der Waals surface area contributed by atoms with E-state index in [2.05, 4.69) is 0 Å². The van der Waals surface area contributed by atoms with Gasteiger partial charge in [0.1, 0.15) is 11.8 Å². The van der Waals surface area contributed by atoms with Gasteiger partial charge in [-0.05, 0) is 48.2 Å². The second-order valence-corrected chi connectivity index (χ2v) is 7.05. The van der Waals surface area contributed by atoms with E-state index in [1.807, 2.05) is 18.4 Å². The number of phenols is 1. The Bertz CT molecular complexity index is 1060. The molecule has 0 saturated carbocycles. The maximum absolute atomic E-state index is 13.0. The van der Waals surface area contributed by atoms with Gasteiger partial charge in [-0.25, -0.2) is 0 Å². The third-order valence-electron chi connectivity index (χ3n) is 4.49. The minimum Gasteiger partial charge on any atom is -0.506 e. The highest BCUT2D eigenvalue weighted by Gasteiger charge is 2.46. The lowest BCUT2D eigenvalue weighted by atomic mass is 9.98. The van der Waals surface area contributed by atoms with Crippen LogP contribution in [0.5, 0.6) is 5.75 Å². The lowest BCUT2D eigenvalue weighted by Crippen LogP contribution is -2.31. The van der Waals surface area contributed by atoms with Gasteiger partial charge in [0.15, 0.2) is 11.5 Å². The van der Waals surface area contributed by atoms with Crippen molar-refractivity contribution in [2.24, 2.45) is 0 Å². The quantitative estimate of drug-likeness (QED) is 0.663. The Labute approximate surface area is 158 Å². The van der Waals surface area contributed by atoms with E-state index in [-0.39, 0.29) is 22.8 Å². The van der Waals surface area contributed by atoms with Crippen LogP contribution in [0.4, 0.5) is 5.69 Å². The number of carbonyl (C=O) groups excluding carboxylic acids is 2. The molecule has 0 saturated heterocycles. The van der Waals surface area contributed by atoms with Crippen LogP contribution in [-0.2, 0) is 4.79 Å². The molecule has 0 radical (unpaired) electrons. The lowest BCUT2D eigenvalue weighted by Gasteiger charge is -2.26. The Balaban J connectivity index is 1.92. The topological polar surface area (TPSA) is 91.0 Å². The number of amides is 1. The Hall–Kier alpha value is -3.32. The molecule has 2 aromatic heterocycles. The Morgan fingerprint density at radius 1 is 1.15 bits per heavy atom. The first-order valence-corrected chi connectivity index (χ1v) is 9.05. The van der Waals surface area contributed by atoms with Crippen molar-refractivity contribution in [2.45, 2.75) is 13.0 Å². The number of hydrogen-bond donors (Lipinski definition) is 2. The third-order valence-corrected chi connectivity index (χ3v) is 5.56. The zero-order valence-electron chi connectivity index (χ0n) is 14.2. The van der Waals surface area contributed by atoms with Crippen molar-refractivity contribution >= 4 is 28.7 Å². The second kappa shape index (κ2) is 6.44. The number of aliphatic hydroxyl groups excluding tert-OH is 1. The zero-order valence-corrected chi connectivity index (χ0v) is 15.1. The molecule has 1 amide bonds. The fourth-order valence-electron chi connectivity index (χ4n) is 3.21. The summed E-state index contributed by atoms with van der Waals surface area (Å²) >= 11 is 1.37. The van der Waals surface area contributed by atoms with Crippen LogP contribution in [0.25, 0.3) is 0 Å². The molecule has 1 atom stereocenters. The number of Topliss-reactive ketones (excluding diaryl/α,β-unsaturated/α-hetero) is 1. The molecule has 3 heterocycles. The van der Waals surface area contributed by atoms with Crippen LogP contribution in [0.2, 0.25) is 0 Å². The number of benzene rings is 1. The van der Waals surface area contributed by atoms with Crippen LogP contribution in [-0.4, -0.2) is 21.9 Å². The monoisotopic (exact) mass is 381 g/mol. The first-order valence-electron chi connectivity index (χ1n) is 8.17. The molecule has 7 heteroatoms. The lowest BCUT2D eigenvalue weighted by molar-refractivity contribution is -0.117. The minimum absolute atomic E-state index is 0.0303. The summed E-state index contributed by atoms with van der Waals surface area (Å²) < 4.78 is 5.18. The Morgan fingerprint density at radius 3 is 2.56 bits per heavy atom. The molecule has 1 aliphatic heterocycles. The Kier molecular flexibility index (Phi) is 4.08. The molecule has 0 bridgehead atoms. The largest absolute Gasteiger partial charge is 0.506 e. The number of thiophene rings is 1. The van der Waals surface area contributed by atoms with Gasteiger partial charge in [-0.15, -0.1) is 11.3 Å². The van der Waals surface area contributed by atoms with E-state index in [0.29, 0.717) is 0 Å². The maximum atomic E-state index is 13.0. The number of nitrogens with zero attached hydrogens (tertiary/aromatic N) is 1. The van der Waals surface area contributed by atoms with Crippen molar-refractivity contribution < 1.29 is 24.2 Å². The summed E-state index contributed by atoms with van der Waals surface area (Å²) in [4.78, 5) is 27.9. The molecular weight excluding hydrogens is 366 g/mol. The molecule has 4 rings (SSSR count). The molecule has 6 nitrogen and oxygen atoms in total. The van der Waals surface area contributed by atoms with Crippen LogP contribution in [0.1, 0.15) is 27.0 Å². The fourth-order valence-corrected chi connectivity index (χ4v) is 4.23. The number of furan rings is 1. The molecule has 1 aliphatic rings. The van der Waals surface area contributed by atoms with Gasteiger partial charge in [0.05, 0.1) is 17.5 Å². The maximum Gasteiger partial charge on any atom is 0.294 e. The number of aliphatic hydroxyl groups is 1. The third kappa shape index (κ3) is 2.63. The molecule has 136 valence electrons. The van der Waals surface area contributed by atoms with Gasteiger partial charge in [-0.2, -0.15) is 0 Å². The number of anilines is 1. The van der Waals surface area contributed by atoms with E-state index in [0.717, 1.165) is 10.4 Å². The van der Waals surface area contributed by atoms with Gasteiger partial charge >= 0.3 is 0 Å². The van der Waals surface area contributed by atoms with Crippen molar-refractivity contribution in [3.8, 4) is 5.75 Å². The number of hydrogen-bond acceptors (Lipinski definition) is 6. The normalized spacial score (nSPS) is 17.0. The first kappa shape index (κ1) is 17.1. The first-order chi connectivity index (χ1) is 13.0. The van der Waals surface area contributed by atoms with Crippen LogP contribution >= 0.6 is 11.3 Å². The number of carbonyl (C=O) groups is 2. The molecule has 1 aromatic carbocycles. The zero-order chi connectivity index (χ0) is 19.1. The SMILES string of the molecule is Cc1ccsc1C1C(C(=O)c2ccco2)=C(O)C(=O)N1c1ccccc1O. The highest BCUT2D eigenvalue weighted by atomic mass is 32.1. The van der Waals surface area contributed by atoms with Crippen molar-refractivity contribution in [1.82, 2.24) is 0 Å². The van der Waals surface area contributed by atoms with E-state index >= 15 is 0 Å². The van der Waals surface area contributed by atoms with Crippen molar-refractivity contribution in [2.75, 3.05) is 4.90 Å². The smallest absolute Gasteiger partial charge is 0.294 e. The number of aryl methyl sites for hydroxylation is 1. The second-order valence-electron chi connectivity index (χ2n) is 6.10. The van der Waals surface area contributed by atoms with E-state index in [9.17, 15) is 19.8 Å². The molecular formula is C20H15NO5S. The molecule has 0 fully saturated rings. The number of para-hydroxylation sites is 2. The molecule has 0 aliphatic carbocycles. The average molecular weight is 381 g/mol. The molecule has 0 spiro atoms. The number of rotatable bonds is 4. The minimum atomic E-state index is -0.858. The Morgan fingerprint density at radius 2 is 1.93 bits per heavy atom. The summed E-state index contributed by atoms with van der Waals surface area (Å²) in [5.41, 5.74) is 1.02. The van der Waals surface area contributed by atoms with E-state index in [4.69, 9.17) is 4.42 Å².